The van der Waals surface area contributed by atoms with Crippen molar-refractivity contribution < 1.29 is 14.3 Å². The van der Waals surface area contributed by atoms with Crippen LogP contribution in [-0.4, -0.2) is 42.0 Å². The molecule has 0 unspecified atom stereocenters. The average Bonchev–Trinajstić information content (AvgIpc) is 2.82. The maximum atomic E-state index is 13.8. The third-order valence-corrected chi connectivity index (χ3v) is 6.38. The van der Waals surface area contributed by atoms with Crippen LogP contribution in [0.3, 0.4) is 0 Å². The zero-order valence-electron chi connectivity index (χ0n) is 20.2. The van der Waals surface area contributed by atoms with Gasteiger partial charge < -0.3 is 21.1 Å². The smallest absolute Gasteiger partial charge is 0.308 e. The van der Waals surface area contributed by atoms with Gasteiger partial charge in [-0.25, -0.2) is 0 Å². The summed E-state index contributed by atoms with van der Waals surface area (Å²) in [6.45, 7) is 7.98. The van der Waals surface area contributed by atoms with E-state index in [2.05, 4.69) is 13.8 Å². The zero-order chi connectivity index (χ0) is 24.1. The topological polar surface area (TPSA) is 112 Å². The van der Waals surface area contributed by atoms with Gasteiger partial charge in [-0.3, -0.25) is 14.6 Å². The van der Waals surface area contributed by atoms with E-state index in [1.807, 2.05) is 36.1 Å². The van der Waals surface area contributed by atoms with Gasteiger partial charge in [-0.15, -0.1) is 0 Å². The van der Waals surface area contributed by atoms with Gasteiger partial charge in [0.2, 0.25) is 0 Å². The van der Waals surface area contributed by atoms with Crippen molar-refractivity contribution in [1.82, 2.24) is 9.88 Å². The highest BCUT2D eigenvalue weighted by Gasteiger charge is 2.31. The summed E-state index contributed by atoms with van der Waals surface area (Å²) in [6.07, 6.45) is 1.99. The maximum Gasteiger partial charge on any atom is 0.308 e. The van der Waals surface area contributed by atoms with E-state index < -0.39 is 0 Å². The number of aromatic nitrogens is 1. The highest BCUT2D eigenvalue weighted by molar-refractivity contribution is 6.03. The fourth-order valence-corrected chi connectivity index (χ4v) is 4.61. The van der Waals surface area contributed by atoms with Crippen LogP contribution < -0.4 is 11.5 Å². The minimum Gasteiger partial charge on any atom is -0.469 e. The quantitative estimate of drug-likeness (QED) is 0.624. The predicted octanol–water partition coefficient (Wildman–Crippen LogP) is 3.20. The van der Waals surface area contributed by atoms with Crippen molar-refractivity contribution in [2.75, 3.05) is 20.2 Å². The molecule has 0 saturated carbocycles. The fraction of sp³-hybridized carbons (Fsp3) is 0.500. The van der Waals surface area contributed by atoms with Crippen LogP contribution in [0.2, 0.25) is 0 Å². The first-order valence-corrected chi connectivity index (χ1v) is 11.7. The van der Waals surface area contributed by atoms with Gasteiger partial charge in [-0.2, -0.15) is 0 Å². The number of likely N-dealkylation sites (tertiary alicyclic amines) is 1. The number of ether oxygens (including phenoxy) is 1. The molecule has 1 aliphatic rings. The molecule has 2 heterocycles. The Bertz CT molecular complexity index is 994. The van der Waals surface area contributed by atoms with Gasteiger partial charge in [-0.05, 0) is 48.8 Å². The monoisotopic (exact) mass is 452 g/mol. The molecule has 0 bridgehead atoms. The second-order valence-electron chi connectivity index (χ2n) is 9.17. The number of carbonyl (C=O) groups excluding carboxylic acids is 2. The molecule has 0 spiro atoms. The summed E-state index contributed by atoms with van der Waals surface area (Å²) in [5, 5.41) is 0. The second kappa shape index (κ2) is 10.9. The van der Waals surface area contributed by atoms with E-state index in [0.29, 0.717) is 56.2 Å². The largest absolute Gasteiger partial charge is 0.469 e. The molecule has 1 aliphatic heterocycles. The van der Waals surface area contributed by atoms with E-state index in [1.54, 1.807) is 0 Å². The lowest BCUT2D eigenvalue weighted by Gasteiger charge is -2.32. The van der Waals surface area contributed by atoms with Gasteiger partial charge in [0.25, 0.3) is 5.91 Å². The van der Waals surface area contributed by atoms with Crippen molar-refractivity contribution in [2.24, 2.45) is 23.3 Å². The molecule has 178 valence electrons. The first kappa shape index (κ1) is 24.9. The van der Waals surface area contributed by atoms with Gasteiger partial charge in [0.15, 0.2) is 0 Å². The van der Waals surface area contributed by atoms with E-state index in [4.69, 9.17) is 21.2 Å². The van der Waals surface area contributed by atoms with Gasteiger partial charge in [0.05, 0.1) is 24.3 Å². The first-order valence-electron chi connectivity index (χ1n) is 11.7. The number of methoxy groups -OCH3 is 1. The number of hydrogen-bond donors (Lipinski definition) is 2. The van der Waals surface area contributed by atoms with E-state index in [9.17, 15) is 9.59 Å². The van der Waals surface area contributed by atoms with Gasteiger partial charge in [0, 0.05) is 37.4 Å². The molecule has 1 fully saturated rings. The van der Waals surface area contributed by atoms with Gasteiger partial charge >= 0.3 is 5.97 Å². The summed E-state index contributed by atoms with van der Waals surface area (Å²) >= 11 is 0. The number of nitrogens with two attached hydrogens (primary N) is 2. The number of amides is 1. The Labute approximate surface area is 196 Å². The molecule has 0 aliphatic carbocycles. The van der Waals surface area contributed by atoms with Crippen molar-refractivity contribution in [1.29, 1.82) is 0 Å². The molecule has 0 atom stereocenters. The van der Waals surface area contributed by atoms with Crippen molar-refractivity contribution in [2.45, 2.75) is 53.1 Å². The Hall–Kier alpha value is -2.77. The van der Waals surface area contributed by atoms with Crippen molar-refractivity contribution in [3.63, 3.8) is 0 Å². The van der Waals surface area contributed by atoms with Crippen molar-refractivity contribution in [3.8, 4) is 11.1 Å². The number of hydrogen-bond acceptors (Lipinski definition) is 6. The minimum absolute atomic E-state index is 0.0629. The van der Waals surface area contributed by atoms with Crippen LogP contribution in [0, 0.1) is 18.8 Å². The Morgan fingerprint density at radius 2 is 1.76 bits per heavy atom. The van der Waals surface area contributed by atoms with Crippen LogP contribution >= 0.6 is 0 Å². The summed E-state index contributed by atoms with van der Waals surface area (Å²) in [6, 6.07) is 8.00. The highest BCUT2D eigenvalue weighted by Crippen LogP contribution is 2.34. The SMILES string of the molecule is COC(=O)C1CCN(C(=O)c2c(C)nc(CC(C)C)c(CN)c2-c2ccc(CN)cc2)CC1. The highest BCUT2D eigenvalue weighted by atomic mass is 16.5. The first-order chi connectivity index (χ1) is 15.8. The maximum absolute atomic E-state index is 13.8. The Morgan fingerprint density at radius 1 is 1.12 bits per heavy atom. The molecule has 2 aromatic rings. The van der Waals surface area contributed by atoms with Gasteiger partial charge in [0.1, 0.15) is 0 Å². The third kappa shape index (κ3) is 5.42. The summed E-state index contributed by atoms with van der Waals surface area (Å²) in [5.74, 6) is -0.0146. The Kier molecular flexibility index (Phi) is 8.21. The van der Waals surface area contributed by atoms with E-state index in [-0.39, 0.29) is 17.8 Å². The van der Waals surface area contributed by atoms with Gasteiger partial charge in [-0.1, -0.05) is 38.1 Å². The standard InChI is InChI=1S/C26H36N4O3/c1-16(2)13-22-21(15-28)24(19-7-5-18(14-27)6-8-19)23(17(3)29-22)25(31)30-11-9-20(10-12-30)26(32)33-4/h5-8,16,20H,9-15,27-28H2,1-4H3. The summed E-state index contributed by atoms with van der Waals surface area (Å²) < 4.78 is 4.88. The molecule has 1 saturated heterocycles. The number of aryl methyl sites for hydroxylation is 1. The lowest BCUT2D eigenvalue weighted by molar-refractivity contribution is -0.146. The molecular weight excluding hydrogens is 416 g/mol. The lowest BCUT2D eigenvalue weighted by Crippen LogP contribution is -2.41. The van der Waals surface area contributed by atoms with E-state index >= 15 is 0 Å². The van der Waals surface area contributed by atoms with Crippen LogP contribution in [0.5, 0.6) is 0 Å². The number of carbonyl (C=O) groups is 2. The zero-order valence-corrected chi connectivity index (χ0v) is 20.2. The average molecular weight is 453 g/mol. The van der Waals surface area contributed by atoms with Crippen LogP contribution in [0.1, 0.15) is 59.6 Å². The second-order valence-corrected chi connectivity index (χ2v) is 9.17. The lowest BCUT2D eigenvalue weighted by atomic mass is 9.88. The molecule has 7 nitrogen and oxygen atoms in total. The number of esters is 1. The molecule has 4 N–H and O–H groups in total. The van der Waals surface area contributed by atoms with E-state index in [0.717, 1.165) is 34.4 Å². The number of pyridine rings is 1. The van der Waals surface area contributed by atoms with Crippen molar-refractivity contribution in [3.05, 3.63) is 52.3 Å². The minimum atomic E-state index is -0.205. The molecular formula is C26H36N4O3. The van der Waals surface area contributed by atoms with Crippen LogP contribution in [0.25, 0.3) is 11.1 Å². The molecule has 1 aromatic carbocycles. The predicted molar refractivity (Wildman–Crippen MR) is 129 cm³/mol. The number of rotatable bonds is 7. The molecule has 0 radical (unpaired) electrons. The van der Waals surface area contributed by atoms with E-state index in [1.165, 1.54) is 7.11 Å². The van der Waals surface area contributed by atoms with Crippen molar-refractivity contribution >= 4 is 11.9 Å². The van der Waals surface area contributed by atoms with Crippen LogP contribution in [-0.2, 0) is 29.0 Å². The summed E-state index contributed by atoms with van der Waals surface area (Å²) in [5.41, 5.74) is 18.0. The number of nitrogens with zero attached hydrogens (tertiary/aromatic N) is 2. The molecule has 3 rings (SSSR count). The number of piperidine rings is 1. The Balaban J connectivity index is 2.08. The molecule has 1 aromatic heterocycles. The van der Waals surface area contributed by atoms with Crippen LogP contribution in [0.15, 0.2) is 24.3 Å². The molecule has 33 heavy (non-hydrogen) atoms. The molecule has 7 heteroatoms. The summed E-state index contributed by atoms with van der Waals surface area (Å²) in [7, 11) is 1.41. The number of benzene rings is 1. The normalized spacial score (nSPS) is 14.6. The Morgan fingerprint density at radius 3 is 2.27 bits per heavy atom. The summed E-state index contributed by atoms with van der Waals surface area (Å²) in [4.78, 5) is 32.4. The molecule has 1 amide bonds. The third-order valence-electron chi connectivity index (χ3n) is 6.38. The van der Waals surface area contributed by atoms with Crippen LogP contribution in [0.4, 0.5) is 0 Å². The fourth-order valence-electron chi connectivity index (χ4n) is 4.61.